The maximum Gasteiger partial charge on any atom is 0.305 e. The average molecular weight is 726 g/mol. The van der Waals surface area contributed by atoms with Gasteiger partial charge in [0.2, 0.25) is 11.7 Å². The normalized spacial score (nSPS) is 19.1. The molecule has 3 aliphatic rings. The van der Waals surface area contributed by atoms with Crippen molar-refractivity contribution >= 4 is 35.0 Å². The molecule has 2 heterocycles. The number of halogens is 4. The molecular formula is C38H39ClF3N3O6. The van der Waals surface area contributed by atoms with Gasteiger partial charge in [-0.2, -0.15) is 4.39 Å². The third kappa shape index (κ3) is 8.40. The van der Waals surface area contributed by atoms with Crippen molar-refractivity contribution < 1.29 is 42.5 Å². The van der Waals surface area contributed by atoms with E-state index in [9.17, 15) is 32.7 Å². The van der Waals surface area contributed by atoms with E-state index >= 15 is 0 Å². The van der Waals surface area contributed by atoms with E-state index in [0.717, 1.165) is 41.2 Å². The summed E-state index contributed by atoms with van der Waals surface area (Å²) in [6.07, 6.45) is 0.641. The van der Waals surface area contributed by atoms with Crippen LogP contribution in [-0.2, 0) is 27.3 Å². The highest BCUT2D eigenvalue weighted by Crippen LogP contribution is 2.40. The Labute approximate surface area is 298 Å². The molecule has 2 amide bonds. The van der Waals surface area contributed by atoms with E-state index in [1.807, 2.05) is 47.4 Å². The van der Waals surface area contributed by atoms with Crippen LogP contribution in [0.25, 0.3) is 5.57 Å². The number of aliphatic hydroxyl groups is 1. The number of hydrogen-bond donors (Lipinski definition) is 3. The van der Waals surface area contributed by atoms with Gasteiger partial charge in [-0.25, -0.2) is 8.78 Å². The first-order valence-corrected chi connectivity index (χ1v) is 17.4. The second-order valence-electron chi connectivity index (χ2n) is 13.3. The van der Waals surface area contributed by atoms with Crippen LogP contribution in [0.15, 0.2) is 66.2 Å². The molecule has 6 rings (SSSR count). The Hall–Kier alpha value is -4.39. The molecule has 3 N–H and O–H groups in total. The van der Waals surface area contributed by atoms with Crippen LogP contribution in [0, 0.1) is 17.5 Å². The van der Waals surface area contributed by atoms with Gasteiger partial charge in [-0.3, -0.25) is 14.4 Å². The van der Waals surface area contributed by atoms with Gasteiger partial charge >= 0.3 is 5.97 Å². The SMILES string of the molecule is O=C(O)C[C@@H](O)CC(=O)N1[C@H]2CNC[C@@H]1C(C(=O)N(Cc1ccccc1Cl)C1CC1)=C(c1ccc(CCCOc3c(F)ccc(F)c3F)cc1)C2. The van der Waals surface area contributed by atoms with Gasteiger partial charge < -0.3 is 30.1 Å². The first-order valence-electron chi connectivity index (χ1n) is 17.1. The average Bonchev–Trinajstić information content (AvgIpc) is 3.94. The van der Waals surface area contributed by atoms with E-state index in [2.05, 4.69) is 5.32 Å². The number of hydrogen-bond acceptors (Lipinski definition) is 6. The Bertz CT molecular complexity index is 1820. The van der Waals surface area contributed by atoms with Gasteiger partial charge in [0.05, 0.1) is 31.6 Å². The molecule has 3 aromatic rings. The summed E-state index contributed by atoms with van der Waals surface area (Å²) in [5.74, 6) is -6.11. The number of nitrogens with one attached hydrogen (secondary N) is 1. The summed E-state index contributed by atoms with van der Waals surface area (Å²) < 4.78 is 46.6. The monoisotopic (exact) mass is 725 g/mol. The van der Waals surface area contributed by atoms with Crippen LogP contribution in [0.5, 0.6) is 5.75 Å². The van der Waals surface area contributed by atoms with Gasteiger partial charge in [0.25, 0.3) is 5.91 Å². The molecule has 2 aliphatic heterocycles. The van der Waals surface area contributed by atoms with Gasteiger partial charge in [0.15, 0.2) is 17.4 Å². The highest BCUT2D eigenvalue weighted by Gasteiger charge is 2.46. The molecule has 13 heteroatoms. The van der Waals surface area contributed by atoms with Crippen molar-refractivity contribution in [3.63, 3.8) is 0 Å². The number of carbonyl (C=O) groups is 3. The van der Waals surface area contributed by atoms with Gasteiger partial charge in [-0.05, 0) is 72.6 Å². The molecule has 0 aromatic heterocycles. The number of benzene rings is 3. The number of ether oxygens (including phenoxy) is 1. The summed E-state index contributed by atoms with van der Waals surface area (Å²) in [6, 6.07) is 15.5. The summed E-state index contributed by atoms with van der Waals surface area (Å²) in [5.41, 5.74) is 3.81. The van der Waals surface area contributed by atoms with E-state index in [0.29, 0.717) is 55.6 Å². The maximum atomic E-state index is 14.8. The van der Waals surface area contributed by atoms with Crippen molar-refractivity contribution in [3.8, 4) is 5.75 Å². The molecule has 2 fully saturated rings. The first kappa shape index (κ1) is 36.4. The number of nitrogens with zero attached hydrogens (tertiary/aromatic N) is 2. The molecular weight excluding hydrogens is 687 g/mol. The van der Waals surface area contributed by atoms with Crippen molar-refractivity contribution in [1.29, 1.82) is 0 Å². The Kier molecular flexibility index (Phi) is 11.3. The van der Waals surface area contributed by atoms with Crippen LogP contribution in [0.4, 0.5) is 13.2 Å². The van der Waals surface area contributed by atoms with Gasteiger partial charge in [-0.1, -0.05) is 54.1 Å². The molecule has 1 saturated carbocycles. The number of aliphatic hydroxyl groups excluding tert-OH is 1. The Morgan fingerprint density at radius 3 is 2.41 bits per heavy atom. The lowest BCUT2D eigenvalue weighted by Crippen LogP contribution is -2.63. The number of fused-ring (bicyclic) bond motifs is 2. The zero-order valence-electron chi connectivity index (χ0n) is 27.8. The fourth-order valence-electron chi connectivity index (χ4n) is 6.98. The van der Waals surface area contributed by atoms with E-state index in [1.54, 1.807) is 11.0 Å². The highest BCUT2D eigenvalue weighted by molar-refractivity contribution is 6.31. The lowest BCUT2D eigenvalue weighted by Gasteiger charge is -2.48. The number of piperazine rings is 1. The third-order valence-electron chi connectivity index (χ3n) is 9.59. The van der Waals surface area contributed by atoms with Crippen molar-refractivity contribution in [2.75, 3.05) is 19.7 Å². The van der Waals surface area contributed by atoms with Crippen molar-refractivity contribution in [1.82, 2.24) is 15.1 Å². The minimum absolute atomic E-state index is 0.0114. The summed E-state index contributed by atoms with van der Waals surface area (Å²) in [5, 5.41) is 23.4. The number of amides is 2. The fourth-order valence-corrected chi connectivity index (χ4v) is 7.18. The van der Waals surface area contributed by atoms with E-state index in [1.165, 1.54) is 0 Å². The smallest absolute Gasteiger partial charge is 0.305 e. The van der Waals surface area contributed by atoms with Crippen molar-refractivity contribution in [3.05, 3.63) is 105 Å². The number of carbonyl (C=O) groups excluding carboxylic acids is 2. The van der Waals surface area contributed by atoms with E-state index in [4.69, 9.17) is 21.4 Å². The minimum Gasteiger partial charge on any atom is -0.488 e. The minimum atomic E-state index is -1.37. The molecule has 9 nitrogen and oxygen atoms in total. The molecule has 0 radical (unpaired) electrons. The zero-order valence-corrected chi connectivity index (χ0v) is 28.6. The molecule has 3 aromatic carbocycles. The number of carboxylic acid groups (broad SMARTS) is 1. The summed E-state index contributed by atoms with van der Waals surface area (Å²) in [6.45, 7) is 1.02. The maximum absolute atomic E-state index is 14.8. The van der Waals surface area contributed by atoms with Gasteiger partial charge in [0, 0.05) is 42.3 Å². The van der Waals surface area contributed by atoms with Crippen molar-refractivity contribution in [2.45, 2.75) is 75.7 Å². The standard InChI is InChI=1S/C38H39ClF3N3O6/c39-29-6-2-1-5-24(29)21-44(25-11-12-25)38(50)35-28(16-26-19-43-20-32(35)45(26)33(47)17-27(46)18-34(48)49)23-9-7-22(8-10-23)4-3-15-51-37-31(41)14-13-30(40)36(37)42/h1-2,5-10,13-14,25-27,32,43,46H,3-4,11-12,15-21H2,(H,48,49)/t26-,27+,32-/m1/s1. The number of rotatable bonds is 14. The molecule has 1 saturated heterocycles. The number of aliphatic carboxylic acids is 1. The second kappa shape index (κ2) is 15.9. The molecule has 2 bridgehead atoms. The second-order valence-corrected chi connectivity index (χ2v) is 13.7. The zero-order chi connectivity index (χ0) is 36.2. The summed E-state index contributed by atoms with van der Waals surface area (Å²) in [7, 11) is 0. The molecule has 3 atom stereocenters. The first-order chi connectivity index (χ1) is 24.5. The predicted molar refractivity (Wildman–Crippen MR) is 183 cm³/mol. The van der Waals surface area contributed by atoms with Crippen LogP contribution >= 0.6 is 11.6 Å². The summed E-state index contributed by atoms with van der Waals surface area (Å²) in [4.78, 5) is 43.2. The number of aryl methyl sites for hydroxylation is 1. The lowest BCUT2D eigenvalue weighted by atomic mass is 9.81. The fraction of sp³-hybridized carbons (Fsp3) is 0.395. The number of carboxylic acids is 1. The van der Waals surface area contributed by atoms with Gasteiger partial charge in [-0.15, -0.1) is 0 Å². The topological polar surface area (TPSA) is 119 Å². The lowest BCUT2D eigenvalue weighted by molar-refractivity contribution is -0.142. The summed E-state index contributed by atoms with van der Waals surface area (Å²) >= 11 is 6.52. The molecule has 1 aliphatic carbocycles. The van der Waals surface area contributed by atoms with Crippen molar-refractivity contribution in [2.24, 2.45) is 0 Å². The third-order valence-corrected chi connectivity index (χ3v) is 9.96. The van der Waals surface area contributed by atoms with E-state index in [-0.39, 0.29) is 31.0 Å². The van der Waals surface area contributed by atoms with Crippen LogP contribution in [0.1, 0.15) is 55.2 Å². The highest BCUT2D eigenvalue weighted by atomic mass is 35.5. The molecule has 0 unspecified atom stereocenters. The Morgan fingerprint density at radius 1 is 0.980 bits per heavy atom. The quantitative estimate of drug-likeness (QED) is 0.148. The van der Waals surface area contributed by atoms with Gasteiger partial charge in [0.1, 0.15) is 0 Å². The van der Waals surface area contributed by atoms with Crippen LogP contribution in [-0.4, -0.2) is 81.7 Å². The Morgan fingerprint density at radius 2 is 1.71 bits per heavy atom. The van der Waals surface area contributed by atoms with Crippen LogP contribution < -0.4 is 10.1 Å². The van der Waals surface area contributed by atoms with Crippen LogP contribution in [0.3, 0.4) is 0 Å². The predicted octanol–water partition coefficient (Wildman–Crippen LogP) is 5.51. The largest absolute Gasteiger partial charge is 0.488 e. The molecule has 0 spiro atoms. The molecule has 270 valence electrons. The van der Waals surface area contributed by atoms with E-state index < -0.39 is 53.6 Å². The van der Waals surface area contributed by atoms with Crippen LogP contribution in [0.2, 0.25) is 5.02 Å². The molecule has 51 heavy (non-hydrogen) atoms. The Balaban J connectivity index is 1.27.